The van der Waals surface area contributed by atoms with Crippen LogP contribution in [0.3, 0.4) is 0 Å². The molecule has 0 unspecified atom stereocenters. The van der Waals surface area contributed by atoms with Gasteiger partial charge in [0, 0.05) is 13.1 Å². The second-order valence-corrected chi connectivity index (χ2v) is 4.32. The number of nitrogens with two attached hydrogens (primary N) is 1. The average Bonchev–Trinajstić information content (AvgIpc) is 2.38. The van der Waals surface area contributed by atoms with Gasteiger partial charge in [0.1, 0.15) is 0 Å². The number of alkyl halides is 3. The van der Waals surface area contributed by atoms with Crippen molar-refractivity contribution in [2.75, 3.05) is 11.9 Å². The molecule has 1 aromatic carbocycles. The molecule has 0 radical (unpaired) electrons. The Kier molecular flexibility index (Phi) is 5.82. The summed E-state index contributed by atoms with van der Waals surface area (Å²) in [6.45, 7) is 2.38. The summed E-state index contributed by atoms with van der Waals surface area (Å²) in [5.41, 5.74) is 4.51. The number of urea groups is 1. The quantitative estimate of drug-likeness (QED) is 0.729. The number of nitrogens with one attached hydrogen (secondary N) is 2. The highest BCUT2D eigenvalue weighted by atomic mass is 19.4. The van der Waals surface area contributed by atoms with Gasteiger partial charge in [-0.15, -0.1) is 0 Å². The SMILES string of the molecule is CCCCNC(=O)Nc1ccc(CN)cc1C(F)(F)F. The van der Waals surface area contributed by atoms with Gasteiger partial charge in [0.15, 0.2) is 0 Å². The van der Waals surface area contributed by atoms with Crippen LogP contribution in [0.4, 0.5) is 23.7 Å². The Bertz CT molecular complexity index is 461. The molecule has 0 saturated heterocycles. The Morgan fingerprint density at radius 2 is 2.05 bits per heavy atom. The third-order valence-electron chi connectivity index (χ3n) is 2.69. The molecular formula is C13H18F3N3O. The molecule has 0 saturated carbocycles. The van der Waals surface area contributed by atoms with E-state index in [1.54, 1.807) is 0 Å². The van der Waals surface area contributed by atoms with E-state index >= 15 is 0 Å². The third kappa shape index (κ3) is 4.73. The van der Waals surface area contributed by atoms with Gasteiger partial charge in [-0.25, -0.2) is 4.79 Å². The molecule has 2 amide bonds. The number of anilines is 1. The second kappa shape index (κ2) is 7.14. The topological polar surface area (TPSA) is 67.2 Å². The van der Waals surface area contributed by atoms with Gasteiger partial charge in [0.05, 0.1) is 11.3 Å². The van der Waals surface area contributed by atoms with Crippen molar-refractivity contribution in [1.82, 2.24) is 5.32 Å². The van der Waals surface area contributed by atoms with Crippen molar-refractivity contribution in [3.05, 3.63) is 29.3 Å². The molecule has 0 aliphatic rings. The number of carbonyl (C=O) groups is 1. The lowest BCUT2D eigenvalue weighted by Gasteiger charge is -2.15. The third-order valence-corrected chi connectivity index (χ3v) is 2.69. The van der Waals surface area contributed by atoms with Crippen molar-refractivity contribution in [3.8, 4) is 0 Å². The van der Waals surface area contributed by atoms with E-state index in [2.05, 4.69) is 10.6 Å². The molecule has 7 heteroatoms. The zero-order chi connectivity index (χ0) is 15.2. The molecule has 0 bridgehead atoms. The fraction of sp³-hybridized carbons (Fsp3) is 0.462. The first kappa shape index (κ1) is 16.3. The molecule has 0 spiro atoms. The Morgan fingerprint density at radius 1 is 1.35 bits per heavy atom. The molecule has 0 atom stereocenters. The van der Waals surface area contributed by atoms with Crippen molar-refractivity contribution >= 4 is 11.7 Å². The smallest absolute Gasteiger partial charge is 0.338 e. The summed E-state index contributed by atoms with van der Waals surface area (Å²) < 4.78 is 38.7. The zero-order valence-electron chi connectivity index (χ0n) is 11.2. The highest BCUT2D eigenvalue weighted by molar-refractivity contribution is 5.90. The maximum atomic E-state index is 12.9. The molecule has 0 aliphatic carbocycles. The van der Waals surface area contributed by atoms with Crippen molar-refractivity contribution in [1.29, 1.82) is 0 Å². The number of halogens is 3. The lowest BCUT2D eigenvalue weighted by molar-refractivity contribution is -0.137. The van der Waals surface area contributed by atoms with Crippen LogP contribution in [0.5, 0.6) is 0 Å². The fourth-order valence-electron chi connectivity index (χ4n) is 1.61. The number of hydrogen-bond acceptors (Lipinski definition) is 2. The van der Waals surface area contributed by atoms with Crippen LogP contribution in [0.1, 0.15) is 30.9 Å². The van der Waals surface area contributed by atoms with Gasteiger partial charge >= 0.3 is 12.2 Å². The largest absolute Gasteiger partial charge is 0.418 e. The minimum absolute atomic E-state index is 0.00601. The fourth-order valence-corrected chi connectivity index (χ4v) is 1.61. The first-order valence-electron chi connectivity index (χ1n) is 6.33. The second-order valence-electron chi connectivity index (χ2n) is 4.32. The Morgan fingerprint density at radius 3 is 2.60 bits per heavy atom. The summed E-state index contributed by atoms with van der Waals surface area (Å²) in [7, 11) is 0. The minimum atomic E-state index is -4.54. The van der Waals surface area contributed by atoms with Crippen molar-refractivity contribution < 1.29 is 18.0 Å². The van der Waals surface area contributed by atoms with Gasteiger partial charge in [-0.2, -0.15) is 13.2 Å². The molecule has 1 rings (SSSR count). The molecule has 4 N–H and O–H groups in total. The molecule has 0 fully saturated rings. The van der Waals surface area contributed by atoms with Crippen LogP contribution in [-0.2, 0) is 12.7 Å². The maximum absolute atomic E-state index is 12.9. The van der Waals surface area contributed by atoms with Crippen LogP contribution in [0, 0.1) is 0 Å². The summed E-state index contributed by atoms with van der Waals surface area (Å²) in [5, 5.41) is 4.71. The standard InChI is InChI=1S/C13H18F3N3O/c1-2-3-6-18-12(20)19-11-5-4-9(8-17)7-10(11)13(14,15)16/h4-5,7H,2-3,6,8,17H2,1H3,(H2,18,19,20). The van der Waals surface area contributed by atoms with Gasteiger partial charge in [0.2, 0.25) is 0 Å². The van der Waals surface area contributed by atoms with Crippen molar-refractivity contribution in [3.63, 3.8) is 0 Å². The normalized spacial score (nSPS) is 11.2. The van der Waals surface area contributed by atoms with E-state index in [0.717, 1.165) is 18.9 Å². The van der Waals surface area contributed by atoms with E-state index in [9.17, 15) is 18.0 Å². The molecule has 20 heavy (non-hydrogen) atoms. The van der Waals surface area contributed by atoms with Crippen LogP contribution in [-0.4, -0.2) is 12.6 Å². The summed E-state index contributed by atoms with van der Waals surface area (Å²) in [6, 6.07) is 2.97. The number of benzene rings is 1. The first-order chi connectivity index (χ1) is 9.38. The van der Waals surface area contributed by atoms with Crippen LogP contribution < -0.4 is 16.4 Å². The van der Waals surface area contributed by atoms with Gasteiger partial charge in [-0.1, -0.05) is 19.4 Å². The molecule has 4 nitrogen and oxygen atoms in total. The monoisotopic (exact) mass is 289 g/mol. The Hall–Kier alpha value is -1.76. The molecule has 112 valence electrons. The summed E-state index contributed by atoms with van der Waals surface area (Å²) in [5.74, 6) is 0. The van der Waals surface area contributed by atoms with Gasteiger partial charge in [0.25, 0.3) is 0 Å². The number of amides is 2. The van der Waals surface area contributed by atoms with Gasteiger partial charge < -0.3 is 16.4 Å². The summed E-state index contributed by atoms with van der Waals surface area (Å²) >= 11 is 0. The number of rotatable bonds is 5. The average molecular weight is 289 g/mol. The van der Waals surface area contributed by atoms with Crippen molar-refractivity contribution in [2.45, 2.75) is 32.5 Å². The predicted octanol–water partition coefficient (Wildman–Crippen LogP) is 3.09. The minimum Gasteiger partial charge on any atom is -0.338 e. The van der Waals surface area contributed by atoms with E-state index in [0.29, 0.717) is 12.1 Å². The highest BCUT2D eigenvalue weighted by Gasteiger charge is 2.34. The first-order valence-corrected chi connectivity index (χ1v) is 6.33. The molecule has 0 heterocycles. The molecule has 1 aromatic rings. The van der Waals surface area contributed by atoms with Crippen LogP contribution in [0.2, 0.25) is 0 Å². The van der Waals surface area contributed by atoms with E-state index in [4.69, 9.17) is 5.73 Å². The van der Waals surface area contributed by atoms with Crippen molar-refractivity contribution in [2.24, 2.45) is 5.73 Å². The number of unbranched alkanes of at least 4 members (excludes halogenated alkanes) is 1. The van der Waals surface area contributed by atoms with Crippen LogP contribution in [0.15, 0.2) is 18.2 Å². The maximum Gasteiger partial charge on any atom is 0.418 e. The van der Waals surface area contributed by atoms with E-state index in [1.165, 1.54) is 12.1 Å². The molecular weight excluding hydrogens is 271 g/mol. The highest BCUT2D eigenvalue weighted by Crippen LogP contribution is 2.35. The van der Waals surface area contributed by atoms with E-state index in [-0.39, 0.29) is 12.2 Å². The van der Waals surface area contributed by atoms with Crippen LogP contribution in [0.25, 0.3) is 0 Å². The number of hydrogen-bond donors (Lipinski definition) is 3. The number of carbonyl (C=O) groups excluding carboxylic acids is 1. The summed E-state index contributed by atoms with van der Waals surface area (Å²) in [4.78, 5) is 11.5. The predicted molar refractivity (Wildman–Crippen MR) is 71.3 cm³/mol. The van der Waals surface area contributed by atoms with E-state index in [1.807, 2.05) is 6.92 Å². The van der Waals surface area contributed by atoms with Gasteiger partial charge in [-0.3, -0.25) is 0 Å². The Labute approximate surface area is 115 Å². The van der Waals surface area contributed by atoms with Crippen LogP contribution >= 0.6 is 0 Å². The summed E-state index contributed by atoms with van der Waals surface area (Å²) in [6.07, 6.45) is -2.89. The Balaban J connectivity index is 2.86. The lowest BCUT2D eigenvalue weighted by atomic mass is 10.1. The molecule has 0 aromatic heterocycles. The molecule has 0 aliphatic heterocycles. The zero-order valence-corrected chi connectivity index (χ0v) is 11.2. The van der Waals surface area contributed by atoms with E-state index < -0.39 is 17.8 Å². The van der Waals surface area contributed by atoms with Gasteiger partial charge in [-0.05, 0) is 24.1 Å². The lowest BCUT2D eigenvalue weighted by Crippen LogP contribution is -2.30.